The minimum Gasteiger partial charge on any atom is -0.312 e. The number of hydrogen-bond donors (Lipinski definition) is 0. The Morgan fingerprint density at radius 1 is 1.12 bits per heavy atom. The van der Waals surface area contributed by atoms with Gasteiger partial charge in [0.2, 0.25) is 0 Å². The average Bonchev–Trinajstić information content (AvgIpc) is 2.29. The molecule has 0 saturated heterocycles. The Kier molecular flexibility index (Phi) is 2.77. The molecule has 0 N–H and O–H groups in total. The molecule has 1 aromatic carbocycles. The lowest BCUT2D eigenvalue weighted by atomic mass is 9.87. The third-order valence-corrected chi connectivity index (χ3v) is 2.65. The van der Waals surface area contributed by atoms with Crippen LogP contribution in [0.1, 0.15) is 26.3 Å². The van der Waals surface area contributed by atoms with Crippen molar-refractivity contribution < 1.29 is 0 Å². The van der Waals surface area contributed by atoms with Crippen LogP contribution in [0.3, 0.4) is 0 Å². The maximum Gasteiger partial charge on any atom is 0.117 e. The van der Waals surface area contributed by atoms with Gasteiger partial charge < -0.3 is 4.90 Å². The summed E-state index contributed by atoms with van der Waals surface area (Å²) in [7, 11) is 0. The van der Waals surface area contributed by atoms with E-state index in [0.717, 1.165) is 5.69 Å². The summed E-state index contributed by atoms with van der Waals surface area (Å²) in [4.78, 5) is 10.1. The van der Waals surface area contributed by atoms with Crippen LogP contribution in [0.15, 0.2) is 34.3 Å². The van der Waals surface area contributed by atoms with Crippen molar-refractivity contribution in [3.8, 4) is 0 Å². The van der Waals surface area contributed by atoms with Crippen LogP contribution < -0.4 is 4.90 Å². The maximum absolute atomic E-state index is 4.11. The van der Waals surface area contributed by atoms with E-state index in [1.165, 1.54) is 5.56 Å². The molecule has 1 aliphatic rings. The van der Waals surface area contributed by atoms with Crippen molar-refractivity contribution in [1.29, 1.82) is 0 Å². The van der Waals surface area contributed by atoms with Gasteiger partial charge in [-0.3, -0.25) is 4.99 Å². The monoisotopic (exact) mass is 215 g/mol. The van der Waals surface area contributed by atoms with Gasteiger partial charge in [-0.1, -0.05) is 32.9 Å². The van der Waals surface area contributed by atoms with Crippen LogP contribution in [0.4, 0.5) is 5.69 Å². The van der Waals surface area contributed by atoms with Crippen LogP contribution in [0.2, 0.25) is 0 Å². The summed E-state index contributed by atoms with van der Waals surface area (Å²) in [6.07, 6.45) is 3.39. The fourth-order valence-electron chi connectivity index (χ4n) is 1.62. The lowest BCUT2D eigenvalue weighted by Gasteiger charge is -2.22. The van der Waals surface area contributed by atoms with Crippen molar-refractivity contribution >= 4 is 18.4 Å². The van der Waals surface area contributed by atoms with Crippen molar-refractivity contribution in [2.24, 2.45) is 9.98 Å². The Hall–Kier alpha value is -1.64. The summed E-state index contributed by atoms with van der Waals surface area (Å²) in [5.74, 6) is 0. The largest absolute Gasteiger partial charge is 0.312 e. The van der Waals surface area contributed by atoms with E-state index < -0.39 is 0 Å². The molecule has 3 heteroatoms. The fraction of sp³-hybridized carbons (Fsp3) is 0.385. The molecule has 1 aromatic rings. The van der Waals surface area contributed by atoms with Gasteiger partial charge in [-0.05, 0) is 23.1 Å². The van der Waals surface area contributed by atoms with E-state index in [0.29, 0.717) is 6.67 Å². The first kappa shape index (κ1) is 10.9. The fourth-order valence-corrected chi connectivity index (χ4v) is 1.62. The first-order valence-corrected chi connectivity index (χ1v) is 5.46. The van der Waals surface area contributed by atoms with E-state index in [1.54, 1.807) is 12.7 Å². The second-order valence-electron chi connectivity index (χ2n) is 4.97. The van der Waals surface area contributed by atoms with Crippen molar-refractivity contribution in [3.05, 3.63) is 29.8 Å². The zero-order valence-electron chi connectivity index (χ0n) is 10.0. The highest BCUT2D eigenvalue weighted by Crippen LogP contribution is 2.24. The highest BCUT2D eigenvalue weighted by atomic mass is 15.2. The third kappa shape index (κ3) is 2.30. The molecule has 0 aliphatic carbocycles. The molecule has 3 nitrogen and oxygen atoms in total. The van der Waals surface area contributed by atoms with Crippen molar-refractivity contribution in [2.75, 3.05) is 11.6 Å². The van der Waals surface area contributed by atoms with Crippen LogP contribution in [0.5, 0.6) is 0 Å². The van der Waals surface area contributed by atoms with Gasteiger partial charge in [0, 0.05) is 5.69 Å². The SMILES string of the molecule is CC(C)(C)c1ccc(N2C=NC=NC2)cc1. The molecule has 0 unspecified atom stereocenters. The summed E-state index contributed by atoms with van der Waals surface area (Å²) in [6.45, 7) is 7.30. The topological polar surface area (TPSA) is 28.0 Å². The second-order valence-corrected chi connectivity index (χ2v) is 4.97. The molecule has 0 bridgehead atoms. The quantitative estimate of drug-likeness (QED) is 0.708. The number of nitrogens with zero attached hydrogens (tertiary/aromatic N) is 3. The number of hydrogen-bond acceptors (Lipinski definition) is 3. The van der Waals surface area contributed by atoms with E-state index in [4.69, 9.17) is 0 Å². The van der Waals surface area contributed by atoms with E-state index in [9.17, 15) is 0 Å². The molecule has 2 rings (SSSR count). The van der Waals surface area contributed by atoms with Gasteiger partial charge in [0.15, 0.2) is 0 Å². The van der Waals surface area contributed by atoms with Crippen molar-refractivity contribution in [3.63, 3.8) is 0 Å². The van der Waals surface area contributed by atoms with Crippen LogP contribution in [-0.4, -0.2) is 19.3 Å². The zero-order valence-corrected chi connectivity index (χ0v) is 10.0. The Balaban J connectivity index is 2.19. The number of benzene rings is 1. The molecule has 1 heterocycles. The van der Waals surface area contributed by atoms with Crippen LogP contribution >= 0.6 is 0 Å². The minimum absolute atomic E-state index is 0.201. The van der Waals surface area contributed by atoms with Crippen molar-refractivity contribution in [2.45, 2.75) is 26.2 Å². The average molecular weight is 215 g/mol. The molecule has 0 amide bonds. The van der Waals surface area contributed by atoms with E-state index in [1.807, 2.05) is 4.90 Å². The van der Waals surface area contributed by atoms with Gasteiger partial charge in [-0.25, -0.2) is 4.99 Å². The Bertz CT molecular complexity index is 410. The second kappa shape index (κ2) is 4.08. The van der Waals surface area contributed by atoms with Crippen LogP contribution in [0, 0.1) is 0 Å². The summed E-state index contributed by atoms with van der Waals surface area (Å²) < 4.78 is 0. The molecule has 0 saturated carbocycles. The van der Waals surface area contributed by atoms with Crippen LogP contribution in [0.25, 0.3) is 0 Å². The number of aliphatic imine (C=N–C) groups is 2. The predicted molar refractivity (Wildman–Crippen MR) is 69.5 cm³/mol. The van der Waals surface area contributed by atoms with Crippen LogP contribution in [-0.2, 0) is 5.41 Å². The van der Waals surface area contributed by atoms with Gasteiger partial charge in [0.05, 0.1) is 6.34 Å². The Morgan fingerprint density at radius 3 is 2.31 bits per heavy atom. The predicted octanol–water partition coefficient (Wildman–Crippen LogP) is 2.82. The first-order valence-electron chi connectivity index (χ1n) is 5.46. The minimum atomic E-state index is 0.201. The van der Waals surface area contributed by atoms with E-state index in [-0.39, 0.29) is 5.41 Å². The molecule has 0 atom stereocenters. The normalized spacial score (nSPS) is 15.6. The summed E-state index contributed by atoms with van der Waals surface area (Å²) in [6, 6.07) is 8.57. The smallest absolute Gasteiger partial charge is 0.117 e. The lowest BCUT2D eigenvalue weighted by molar-refractivity contribution is 0.590. The Labute approximate surface area is 96.5 Å². The third-order valence-electron chi connectivity index (χ3n) is 2.65. The number of rotatable bonds is 1. The van der Waals surface area contributed by atoms with Gasteiger partial charge in [0.1, 0.15) is 13.0 Å². The van der Waals surface area contributed by atoms with E-state index in [2.05, 4.69) is 55.0 Å². The molecule has 0 spiro atoms. The van der Waals surface area contributed by atoms with E-state index >= 15 is 0 Å². The van der Waals surface area contributed by atoms with Crippen molar-refractivity contribution in [1.82, 2.24) is 0 Å². The molecule has 1 aliphatic heterocycles. The zero-order chi connectivity index (χ0) is 11.6. The summed E-state index contributed by atoms with van der Waals surface area (Å²) in [5, 5.41) is 0. The van der Waals surface area contributed by atoms with Gasteiger partial charge in [0.25, 0.3) is 0 Å². The van der Waals surface area contributed by atoms with Gasteiger partial charge >= 0.3 is 0 Å². The number of anilines is 1. The Morgan fingerprint density at radius 2 is 1.81 bits per heavy atom. The van der Waals surface area contributed by atoms with Gasteiger partial charge in [-0.2, -0.15) is 0 Å². The van der Waals surface area contributed by atoms with Gasteiger partial charge in [-0.15, -0.1) is 0 Å². The molecule has 16 heavy (non-hydrogen) atoms. The molecular formula is C13H17N3. The molecular weight excluding hydrogens is 198 g/mol. The highest BCUT2D eigenvalue weighted by molar-refractivity contribution is 5.86. The maximum atomic E-state index is 4.11. The lowest BCUT2D eigenvalue weighted by Crippen LogP contribution is -2.23. The summed E-state index contributed by atoms with van der Waals surface area (Å²) in [5.41, 5.74) is 2.68. The standard InChI is InChI=1S/C13H17N3/c1-13(2,3)11-4-6-12(7-5-11)16-9-14-8-15-10-16/h4-9H,10H2,1-3H3. The summed E-state index contributed by atoms with van der Waals surface area (Å²) >= 11 is 0. The molecule has 84 valence electrons. The first-order chi connectivity index (χ1) is 7.57. The molecule has 0 fully saturated rings. The molecule has 0 aromatic heterocycles. The molecule has 0 radical (unpaired) electrons. The highest BCUT2D eigenvalue weighted by Gasteiger charge is 2.13.